The molecule has 1 N–H and O–H groups in total. The third-order valence-corrected chi connectivity index (χ3v) is 7.02. The first-order valence-electron chi connectivity index (χ1n) is 10.6. The van der Waals surface area contributed by atoms with E-state index in [4.69, 9.17) is 23.2 Å². The topological polar surface area (TPSA) is 86.8 Å². The molecule has 0 spiro atoms. The molecular formula is C23H29Cl2N3O4S. The van der Waals surface area contributed by atoms with Gasteiger partial charge in [-0.1, -0.05) is 66.5 Å². The van der Waals surface area contributed by atoms with Gasteiger partial charge in [-0.15, -0.1) is 0 Å². The summed E-state index contributed by atoms with van der Waals surface area (Å²) in [4.78, 5) is 27.4. The largest absolute Gasteiger partial charge is 0.354 e. The monoisotopic (exact) mass is 513 g/mol. The highest BCUT2D eigenvalue weighted by molar-refractivity contribution is 7.92. The van der Waals surface area contributed by atoms with E-state index in [9.17, 15) is 18.0 Å². The maximum Gasteiger partial charge on any atom is 0.244 e. The van der Waals surface area contributed by atoms with Gasteiger partial charge in [0.1, 0.15) is 12.6 Å². The van der Waals surface area contributed by atoms with E-state index in [0.717, 1.165) is 22.5 Å². The van der Waals surface area contributed by atoms with Crippen LogP contribution in [0, 0.1) is 0 Å². The fourth-order valence-electron chi connectivity index (χ4n) is 3.25. The molecule has 1 atom stereocenters. The highest BCUT2D eigenvalue weighted by atomic mass is 35.5. The molecule has 0 saturated heterocycles. The lowest BCUT2D eigenvalue weighted by atomic mass is 10.1. The molecule has 10 heteroatoms. The van der Waals surface area contributed by atoms with Gasteiger partial charge in [0.15, 0.2) is 0 Å². The molecule has 0 aliphatic carbocycles. The van der Waals surface area contributed by atoms with Gasteiger partial charge in [-0.2, -0.15) is 0 Å². The zero-order chi connectivity index (χ0) is 24.6. The van der Waals surface area contributed by atoms with Crippen LogP contribution in [0.4, 0.5) is 5.69 Å². The number of sulfonamides is 1. The van der Waals surface area contributed by atoms with Gasteiger partial charge in [-0.3, -0.25) is 13.9 Å². The second-order valence-electron chi connectivity index (χ2n) is 7.63. The van der Waals surface area contributed by atoms with Crippen molar-refractivity contribution >= 4 is 50.7 Å². The molecule has 0 saturated carbocycles. The van der Waals surface area contributed by atoms with Crippen LogP contribution in [0.5, 0.6) is 0 Å². The summed E-state index contributed by atoms with van der Waals surface area (Å²) in [5, 5.41) is 2.99. The average Bonchev–Trinajstić information content (AvgIpc) is 2.77. The predicted molar refractivity (Wildman–Crippen MR) is 133 cm³/mol. The van der Waals surface area contributed by atoms with E-state index in [1.54, 1.807) is 13.0 Å². The fourth-order valence-corrected chi connectivity index (χ4v) is 4.55. The standard InChI is InChI=1S/C23H29Cl2N3O4S/c1-4-14-26-23(30)17(2)27(15-13-18-9-6-5-7-10-18)21(29)16-28(33(3,31)32)20-12-8-11-19(24)22(20)25/h5-12,17H,4,13-16H2,1-3H3,(H,26,30). The van der Waals surface area contributed by atoms with Gasteiger partial charge in [0.05, 0.1) is 22.0 Å². The molecule has 2 aromatic rings. The Labute approximate surface area is 205 Å². The maximum absolute atomic E-state index is 13.4. The molecule has 0 aliphatic rings. The van der Waals surface area contributed by atoms with Crippen LogP contribution >= 0.6 is 23.2 Å². The second-order valence-corrected chi connectivity index (χ2v) is 10.3. The summed E-state index contributed by atoms with van der Waals surface area (Å²) >= 11 is 12.3. The molecule has 0 aromatic heterocycles. The van der Waals surface area contributed by atoms with E-state index >= 15 is 0 Å². The lowest BCUT2D eigenvalue weighted by molar-refractivity contribution is -0.138. The van der Waals surface area contributed by atoms with Crippen molar-refractivity contribution in [2.75, 3.05) is 30.2 Å². The van der Waals surface area contributed by atoms with Crippen LogP contribution in [0.25, 0.3) is 0 Å². The number of amides is 2. The number of halogens is 2. The van der Waals surface area contributed by atoms with Gasteiger partial charge in [-0.25, -0.2) is 8.42 Å². The van der Waals surface area contributed by atoms with Gasteiger partial charge in [-0.05, 0) is 37.5 Å². The zero-order valence-corrected chi connectivity index (χ0v) is 21.3. The first-order valence-corrected chi connectivity index (χ1v) is 13.2. The minimum absolute atomic E-state index is 0.0296. The lowest BCUT2D eigenvalue weighted by Crippen LogP contribution is -2.52. The number of hydrogen-bond donors (Lipinski definition) is 1. The SMILES string of the molecule is CCCNC(=O)C(C)N(CCc1ccccc1)C(=O)CN(c1cccc(Cl)c1Cl)S(C)(=O)=O. The minimum atomic E-state index is -3.87. The Morgan fingerprint density at radius 3 is 2.33 bits per heavy atom. The number of nitrogens with one attached hydrogen (secondary N) is 1. The van der Waals surface area contributed by atoms with Crippen molar-refractivity contribution in [1.29, 1.82) is 0 Å². The van der Waals surface area contributed by atoms with E-state index in [1.807, 2.05) is 37.3 Å². The third-order valence-electron chi connectivity index (χ3n) is 5.08. The van der Waals surface area contributed by atoms with Crippen LogP contribution in [0.15, 0.2) is 48.5 Å². The number of benzene rings is 2. The summed E-state index contributed by atoms with van der Waals surface area (Å²) < 4.78 is 26.0. The van der Waals surface area contributed by atoms with Gasteiger partial charge in [0, 0.05) is 13.1 Å². The van der Waals surface area contributed by atoms with Gasteiger partial charge >= 0.3 is 0 Å². The van der Waals surface area contributed by atoms with E-state index in [1.165, 1.54) is 17.0 Å². The summed E-state index contributed by atoms with van der Waals surface area (Å²) in [6.45, 7) is 3.77. The van der Waals surface area contributed by atoms with Crippen LogP contribution in [0.1, 0.15) is 25.8 Å². The van der Waals surface area contributed by atoms with E-state index in [0.29, 0.717) is 13.0 Å². The normalized spacial score (nSPS) is 12.2. The summed E-state index contributed by atoms with van der Waals surface area (Å²) in [5.74, 6) is -0.823. The van der Waals surface area contributed by atoms with Gasteiger partial charge in [0.25, 0.3) is 0 Å². The molecule has 0 radical (unpaired) electrons. The minimum Gasteiger partial charge on any atom is -0.354 e. The smallest absolute Gasteiger partial charge is 0.244 e. The van der Waals surface area contributed by atoms with Crippen LogP contribution in [0.2, 0.25) is 10.0 Å². The second kappa shape index (κ2) is 12.3. The third kappa shape index (κ3) is 7.62. The molecule has 7 nitrogen and oxygen atoms in total. The van der Waals surface area contributed by atoms with Crippen LogP contribution < -0.4 is 9.62 Å². The van der Waals surface area contributed by atoms with E-state index in [2.05, 4.69) is 5.32 Å². The highest BCUT2D eigenvalue weighted by Gasteiger charge is 2.30. The van der Waals surface area contributed by atoms with Crippen molar-refractivity contribution < 1.29 is 18.0 Å². The number of nitrogens with zero attached hydrogens (tertiary/aromatic N) is 2. The molecule has 180 valence electrons. The predicted octanol–water partition coefficient (Wildman–Crippen LogP) is 3.75. The number of rotatable bonds is 11. The number of hydrogen-bond acceptors (Lipinski definition) is 4. The molecule has 1 unspecified atom stereocenters. The van der Waals surface area contributed by atoms with Gasteiger partial charge in [0.2, 0.25) is 21.8 Å². The van der Waals surface area contributed by atoms with Gasteiger partial charge < -0.3 is 10.2 Å². The van der Waals surface area contributed by atoms with E-state index in [-0.39, 0.29) is 28.2 Å². The first-order chi connectivity index (χ1) is 15.6. The van der Waals surface area contributed by atoms with Crippen molar-refractivity contribution in [1.82, 2.24) is 10.2 Å². The molecular weight excluding hydrogens is 485 g/mol. The molecule has 2 amide bonds. The molecule has 0 aliphatic heterocycles. The average molecular weight is 514 g/mol. The Hall–Kier alpha value is -2.29. The molecule has 2 aromatic carbocycles. The Kier molecular flexibility index (Phi) is 10.0. The van der Waals surface area contributed by atoms with Crippen LogP contribution in [-0.4, -0.2) is 57.1 Å². The summed E-state index contributed by atoms with van der Waals surface area (Å²) in [6, 6.07) is 13.3. The number of carbonyl (C=O) groups excluding carboxylic acids is 2. The van der Waals surface area contributed by atoms with Crippen molar-refractivity contribution in [2.45, 2.75) is 32.7 Å². The first kappa shape index (κ1) is 27.0. The van der Waals surface area contributed by atoms with E-state index < -0.39 is 28.5 Å². The Bertz CT molecular complexity index is 1060. The molecule has 2 rings (SSSR count). The summed E-state index contributed by atoms with van der Waals surface area (Å²) in [6.07, 6.45) is 2.25. The van der Waals surface area contributed by atoms with Crippen molar-refractivity contribution in [3.63, 3.8) is 0 Å². The highest BCUT2D eigenvalue weighted by Crippen LogP contribution is 2.33. The van der Waals surface area contributed by atoms with Crippen molar-refractivity contribution in [2.24, 2.45) is 0 Å². The molecule has 0 heterocycles. The summed E-state index contributed by atoms with van der Waals surface area (Å²) in [7, 11) is -3.87. The van der Waals surface area contributed by atoms with Crippen LogP contribution in [-0.2, 0) is 26.0 Å². The molecule has 0 fully saturated rings. The van der Waals surface area contributed by atoms with Crippen molar-refractivity contribution in [3.8, 4) is 0 Å². The quantitative estimate of drug-likeness (QED) is 0.495. The summed E-state index contributed by atoms with van der Waals surface area (Å²) in [5.41, 5.74) is 1.10. The maximum atomic E-state index is 13.4. The fraction of sp³-hybridized carbons (Fsp3) is 0.391. The Balaban J connectivity index is 2.33. The lowest BCUT2D eigenvalue weighted by Gasteiger charge is -2.31. The van der Waals surface area contributed by atoms with Crippen molar-refractivity contribution in [3.05, 3.63) is 64.1 Å². The Morgan fingerprint density at radius 1 is 1.06 bits per heavy atom. The molecule has 33 heavy (non-hydrogen) atoms. The molecule has 0 bridgehead atoms. The zero-order valence-electron chi connectivity index (χ0n) is 18.9. The van der Waals surface area contributed by atoms with Crippen LogP contribution in [0.3, 0.4) is 0 Å². The Morgan fingerprint density at radius 2 is 1.73 bits per heavy atom. The number of anilines is 1. The number of carbonyl (C=O) groups is 2.